The van der Waals surface area contributed by atoms with E-state index in [1.165, 1.54) is 49.8 Å². The van der Waals surface area contributed by atoms with Crippen molar-refractivity contribution in [2.24, 2.45) is 0 Å². The lowest BCUT2D eigenvalue weighted by atomic mass is 10.0. The van der Waals surface area contributed by atoms with Gasteiger partial charge in [-0.3, -0.25) is 0 Å². The standard InChI is InChI=1S/2C20H24N4O.2ClH/c1-13-17(15-7-9-16(25-3)10-8-15)18-19(21-13)20(23-14(2)22-18)24-11-5-4-6-12-24;1-14-21-18-13-16(12-15-6-8-17(25-2)9-7-15)23-19(18)20(22-14)24-10-4-3-5-11-24;;/h7-10,21H,4-6,11-12H2,1-3H3;6-9,13,23H,3-5,10-12H2,1-2H3;2*1H. The Kier molecular flexibility index (Phi) is 12.9. The molecule has 6 aromatic rings. The zero-order valence-corrected chi connectivity index (χ0v) is 32.4. The molecule has 0 bridgehead atoms. The molecule has 2 aliphatic heterocycles. The van der Waals surface area contributed by atoms with Crippen molar-refractivity contribution in [3.8, 4) is 22.6 Å². The van der Waals surface area contributed by atoms with Crippen LogP contribution < -0.4 is 19.3 Å². The fraction of sp³-hybridized carbons (Fsp3) is 0.400. The number of aromatic amines is 2. The molecule has 2 N–H and O–H groups in total. The zero-order valence-electron chi connectivity index (χ0n) is 30.8. The molecular weight excluding hydrogens is 695 g/mol. The van der Waals surface area contributed by atoms with Crippen molar-refractivity contribution in [1.29, 1.82) is 0 Å². The number of hydrogen-bond donors (Lipinski definition) is 2. The first-order valence-electron chi connectivity index (χ1n) is 17.9. The number of nitrogens with zero attached hydrogens (tertiary/aromatic N) is 6. The topological polar surface area (TPSA) is 108 Å². The van der Waals surface area contributed by atoms with E-state index in [0.717, 1.165) is 106 Å². The van der Waals surface area contributed by atoms with Crippen molar-refractivity contribution in [3.63, 3.8) is 0 Å². The smallest absolute Gasteiger partial charge is 0.156 e. The quantitative estimate of drug-likeness (QED) is 0.167. The number of benzene rings is 2. The molecule has 2 saturated heterocycles. The monoisotopic (exact) mass is 744 g/mol. The number of aryl methyl sites for hydroxylation is 3. The van der Waals surface area contributed by atoms with E-state index < -0.39 is 0 Å². The van der Waals surface area contributed by atoms with Crippen LogP contribution in [0, 0.1) is 20.8 Å². The molecule has 276 valence electrons. The highest BCUT2D eigenvalue weighted by atomic mass is 35.5. The molecular formula is C40H50Cl2N8O2. The summed E-state index contributed by atoms with van der Waals surface area (Å²) in [6.07, 6.45) is 8.42. The van der Waals surface area contributed by atoms with Gasteiger partial charge in [-0.25, -0.2) is 19.9 Å². The van der Waals surface area contributed by atoms with Crippen LogP contribution in [0.2, 0.25) is 0 Å². The van der Waals surface area contributed by atoms with E-state index in [1.807, 2.05) is 38.1 Å². The van der Waals surface area contributed by atoms with Gasteiger partial charge in [-0.05, 0) is 101 Å². The highest BCUT2D eigenvalue weighted by Gasteiger charge is 2.22. The average Bonchev–Trinajstić information content (AvgIpc) is 3.71. The summed E-state index contributed by atoms with van der Waals surface area (Å²) in [6, 6.07) is 18.5. The van der Waals surface area contributed by atoms with Gasteiger partial charge in [-0.2, -0.15) is 0 Å². The highest BCUT2D eigenvalue weighted by Crippen LogP contribution is 2.36. The molecule has 10 nitrogen and oxygen atoms in total. The van der Waals surface area contributed by atoms with Gasteiger partial charge in [0.15, 0.2) is 11.6 Å². The Balaban J connectivity index is 0.000000194. The van der Waals surface area contributed by atoms with E-state index in [2.05, 4.69) is 62.0 Å². The van der Waals surface area contributed by atoms with Crippen LogP contribution in [0.5, 0.6) is 11.5 Å². The first-order valence-corrected chi connectivity index (χ1v) is 17.9. The largest absolute Gasteiger partial charge is 0.497 e. The molecule has 8 rings (SSSR count). The lowest BCUT2D eigenvalue weighted by molar-refractivity contribution is 0.414. The molecule has 2 aliphatic rings. The van der Waals surface area contributed by atoms with Crippen molar-refractivity contribution < 1.29 is 9.47 Å². The van der Waals surface area contributed by atoms with Crippen LogP contribution in [0.15, 0.2) is 54.6 Å². The summed E-state index contributed by atoms with van der Waals surface area (Å²) in [5, 5.41) is 0. The third kappa shape index (κ3) is 8.40. The second kappa shape index (κ2) is 17.3. The maximum Gasteiger partial charge on any atom is 0.156 e. The van der Waals surface area contributed by atoms with E-state index in [1.54, 1.807) is 14.2 Å². The van der Waals surface area contributed by atoms with Gasteiger partial charge in [0, 0.05) is 49.6 Å². The maximum absolute atomic E-state index is 5.28. The van der Waals surface area contributed by atoms with Gasteiger partial charge >= 0.3 is 0 Å². The molecule has 0 amide bonds. The fourth-order valence-electron chi connectivity index (χ4n) is 7.28. The van der Waals surface area contributed by atoms with Gasteiger partial charge < -0.3 is 29.2 Å². The zero-order chi connectivity index (χ0) is 34.6. The molecule has 0 spiro atoms. The Morgan fingerprint density at radius 3 is 1.69 bits per heavy atom. The molecule has 2 aromatic carbocycles. The van der Waals surface area contributed by atoms with Gasteiger partial charge in [0.25, 0.3) is 0 Å². The van der Waals surface area contributed by atoms with Crippen LogP contribution in [0.25, 0.3) is 33.2 Å². The predicted octanol–water partition coefficient (Wildman–Crippen LogP) is 8.94. The Morgan fingerprint density at radius 2 is 1.13 bits per heavy atom. The summed E-state index contributed by atoms with van der Waals surface area (Å²) in [6.45, 7) is 10.4. The number of methoxy groups -OCH3 is 2. The molecule has 0 unspecified atom stereocenters. The number of H-pyrrole nitrogens is 2. The lowest BCUT2D eigenvalue weighted by Crippen LogP contribution is -2.30. The summed E-state index contributed by atoms with van der Waals surface area (Å²) < 4.78 is 10.5. The van der Waals surface area contributed by atoms with Crippen LogP contribution in [0.4, 0.5) is 11.6 Å². The van der Waals surface area contributed by atoms with Crippen LogP contribution in [-0.4, -0.2) is 70.3 Å². The highest BCUT2D eigenvalue weighted by molar-refractivity contribution is 5.99. The number of nitrogens with one attached hydrogen (secondary N) is 2. The number of piperidine rings is 2. The van der Waals surface area contributed by atoms with Gasteiger partial charge in [0.05, 0.1) is 19.7 Å². The molecule has 2 fully saturated rings. The molecule has 52 heavy (non-hydrogen) atoms. The van der Waals surface area contributed by atoms with Crippen molar-refractivity contribution in [1.82, 2.24) is 29.9 Å². The number of halogens is 2. The first-order chi connectivity index (χ1) is 24.4. The Morgan fingerprint density at radius 1 is 0.615 bits per heavy atom. The van der Waals surface area contributed by atoms with Crippen LogP contribution in [-0.2, 0) is 6.42 Å². The van der Waals surface area contributed by atoms with E-state index in [4.69, 9.17) is 24.4 Å². The Bertz CT molecular complexity index is 2070. The van der Waals surface area contributed by atoms with Crippen molar-refractivity contribution >= 4 is 58.5 Å². The Labute approximate surface area is 318 Å². The number of anilines is 2. The Hall–Kier alpha value is -4.54. The number of fused-ring (bicyclic) bond motifs is 2. The number of aromatic nitrogens is 6. The minimum atomic E-state index is 0. The number of hydrogen-bond acceptors (Lipinski definition) is 8. The molecule has 0 aliphatic carbocycles. The third-order valence-electron chi connectivity index (χ3n) is 9.80. The van der Waals surface area contributed by atoms with E-state index in [0.29, 0.717) is 0 Å². The second-order valence-corrected chi connectivity index (χ2v) is 13.4. The minimum Gasteiger partial charge on any atom is -0.497 e. The van der Waals surface area contributed by atoms with Crippen molar-refractivity contribution in [2.75, 3.05) is 50.2 Å². The molecule has 4 aromatic heterocycles. The summed E-state index contributed by atoms with van der Waals surface area (Å²) in [4.78, 5) is 30.8. The van der Waals surface area contributed by atoms with E-state index in [-0.39, 0.29) is 24.8 Å². The number of rotatable bonds is 7. The molecule has 0 saturated carbocycles. The normalized spacial score (nSPS) is 14.3. The number of ether oxygens (including phenoxy) is 2. The molecule has 0 radical (unpaired) electrons. The van der Waals surface area contributed by atoms with Gasteiger partial charge in [-0.1, -0.05) is 24.3 Å². The third-order valence-corrected chi connectivity index (χ3v) is 9.80. The second-order valence-electron chi connectivity index (χ2n) is 13.4. The van der Waals surface area contributed by atoms with Crippen molar-refractivity contribution in [2.45, 2.75) is 65.7 Å². The first kappa shape index (κ1) is 38.7. The SMILES string of the molecule is COc1ccc(-c2c(C)[nH]c3c(N4CCCCC4)nc(C)nc23)cc1.COc1ccc(Cc2cc3nc(C)nc(N4CCCCC4)c3[nH]2)cc1.Cl.Cl. The van der Waals surface area contributed by atoms with Gasteiger partial charge in [-0.15, -0.1) is 24.8 Å². The fourth-order valence-corrected chi connectivity index (χ4v) is 7.28. The summed E-state index contributed by atoms with van der Waals surface area (Å²) >= 11 is 0. The molecule has 12 heteroatoms. The minimum absolute atomic E-state index is 0. The van der Waals surface area contributed by atoms with E-state index in [9.17, 15) is 0 Å². The average molecular weight is 746 g/mol. The summed E-state index contributed by atoms with van der Waals surface area (Å²) in [5.41, 5.74) is 9.97. The summed E-state index contributed by atoms with van der Waals surface area (Å²) in [7, 11) is 3.38. The van der Waals surface area contributed by atoms with Crippen LogP contribution in [0.1, 0.15) is 67.1 Å². The van der Waals surface area contributed by atoms with Crippen molar-refractivity contribution in [3.05, 3.63) is 83.2 Å². The van der Waals surface area contributed by atoms with Gasteiger partial charge in [0.1, 0.15) is 39.7 Å². The summed E-state index contributed by atoms with van der Waals surface area (Å²) in [5.74, 6) is 5.51. The van der Waals surface area contributed by atoms with Gasteiger partial charge in [0.2, 0.25) is 0 Å². The lowest BCUT2D eigenvalue weighted by Gasteiger charge is -2.28. The van der Waals surface area contributed by atoms with Crippen LogP contribution in [0.3, 0.4) is 0 Å². The van der Waals surface area contributed by atoms with E-state index >= 15 is 0 Å². The maximum atomic E-state index is 5.28. The molecule has 0 atom stereocenters. The van der Waals surface area contributed by atoms with Crippen LogP contribution >= 0.6 is 24.8 Å². The predicted molar refractivity (Wildman–Crippen MR) is 216 cm³/mol. The molecule has 6 heterocycles.